The van der Waals surface area contributed by atoms with Crippen molar-refractivity contribution in [1.82, 2.24) is 0 Å². The molecule has 0 heterocycles. The third kappa shape index (κ3) is 3.66. The van der Waals surface area contributed by atoms with E-state index in [0.717, 1.165) is 12.0 Å². The Labute approximate surface area is 147 Å². The molecule has 2 rings (SSSR count). The first-order valence-electron chi connectivity index (χ1n) is 8.94. The minimum Gasteiger partial charge on any atom is -0.407 e. The van der Waals surface area contributed by atoms with E-state index >= 15 is 0 Å². The van der Waals surface area contributed by atoms with Crippen LogP contribution in [0, 0.1) is 12.3 Å². The van der Waals surface area contributed by atoms with Crippen LogP contribution in [-0.4, -0.2) is 26.8 Å². The molecule has 4 heteroatoms. The van der Waals surface area contributed by atoms with Gasteiger partial charge in [-0.2, -0.15) is 0 Å². The second-order valence-corrected chi connectivity index (χ2v) is 12.9. The highest BCUT2D eigenvalue weighted by molar-refractivity contribution is 6.69. The molecule has 0 radical (unpaired) electrons. The molecule has 1 aromatic rings. The standard InChI is InChI=1S/C20H32O3Si/c1-8-22-17-13-18(21)19(3,4)20(14-17,23-24(5,6)7)16-11-9-15(2)10-12-16/h9-12,17H,8,13-14H2,1-7H3/t17-,20-/m1/s1. The Morgan fingerprint density at radius 2 is 1.75 bits per heavy atom. The molecule has 1 fully saturated rings. The molecule has 0 saturated heterocycles. The van der Waals surface area contributed by atoms with Crippen molar-refractivity contribution in [3.8, 4) is 0 Å². The summed E-state index contributed by atoms with van der Waals surface area (Å²) < 4.78 is 12.7. The maximum atomic E-state index is 13.0. The van der Waals surface area contributed by atoms with Gasteiger partial charge in [0, 0.05) is 19.4 Å². The molecule has 0 N–H and O–H groups in total. The molecule has 0 spiro atoms. The Morgan fingerprint density at radius 3 is 2.25 bits per heavy atom. The largest absolute Gasteiger partial charge is 0.407 e. The van der Waals surface area contributed by atoms with Gasteiger partial charge in [-0.1, -0.05) is 29.8 Å². The van der Waals surface area contributed by atoms with Crippen molar-refractivity contribution < 1.29 is 14.0 Å². The van der Waals surface area contributed by atoms with Gasteiger partial charge < -0.3 is 9.16 Å². The predicted octanol–water partition coefficient (Wildman–Crippen LogP) is 4.84. The van der Waals surface area contributed by atoms with E-state index in [4.69, 9.17) is 9.16 Å². The van der Waals surface area contributed by atoms with Crippen molar-refractivity contribution in [2.45, 2.75) is 71.9 Å². The Kier molecular flexibility index (Phi) is 5.43. The maximum Gasteiger partial charge on any atom is 0.185 e. The molecular weight excluding hydrogens is 316 g/mol. The van der Waals surface area contributed by atoms with Gasteiger partial charge >= 0.3 is 0 Å². The van der Waals surface area contributed by atoms with Crippen LogP contribution in [0.5, 0.6) is 0 Å². The molecule has 0 amide bonds. The number of hydrogen-bond acceptors (Lipinski definition) is 3. The van der Waals surface area contributed by atoms with Crippen LogP contribution in [0.3, 0.4) is 0 Å². The number of Topliss-reactive ketones (excluding diaryl/α,β-unsaturated/α-hetero) is 1. The van der Waals surface area contributed by atoms with E-state index in [1.54, 1.807) is 0 Å². The lowest BCUT2D eigenvalue weighted by Crippen LogP contribution is -2.58. The van der Waals surface area contributed by atoms with E-state index in [9.17, 15) is 4.79 Å². The number of rotatable bonds is 5. The van der Waals surface area contributed by atoms with E-state index in [2.05, 4.69) is 50.8 Å². The predicted molar refractivity (Wildman–Crippen MR) is 101 cm³/mol. The fraction of sp³-hybridized carbons (Fsp3) is 0.650. The van der Waals surface area contributed by atoms with Crippen LogP contribution in [0.15, 0.2) is 24.3 Å². The summed E-state index contributed by atoms with van der Waals surface area (Å²) in [5.74, 6) is 0.228. The summed E-state index contributed by atoms with van der Waals surface area (Å²) in [5.41, 5.74) is 1.11. The van der Waals surface area contributed by atoms with Gasteiger partial charge in [0.05, 0.1) is 17.1 Å². The number of ether oxygens (including phenoxy) is 1. The van der Waals surface area contributed by atoms with Crippen molar-refractivity contribution in [2.24, 2.45) is 5.41 Å². The minimum absolute atomic E-state index is 0.0758. The minimum atomic E-state index is -1.89. The Morgan fingerprint density at radius 1 is 1.17 bits per heavy atom. The molecule has 0 unspecified atom stereocenters. The van der Waals surface area contributed by atoms with E-state index in [1.165, 1.54) is 5.56 Å². The molecule has 1 aliphatic rings. The summed E-state index contributed by atoms with van der Waals surface area (Å²) in [6.45, 7) is 15.3. The van der Waals surface area contributed by atoms with Crippen LogP contribution >= 0.6 is 0 Å². The summed E-state index contributed by atoms with van der Waals surface area (Å²) >= 11 is 0. The number of carbonyl (C=O) groups is 1. The van der Waals surface area contributed by atoms with Crippen LogP contribution in [0.4, 0.5) is 0 Å². The van der Waals surface area contributed by atoms with Crippen molar-refractivity contribution >= 4 is 14.1 Å². The van der Waals surface area contributed by atoms with Gasteiger partial charge in [-0.15, -0.1) is 0 Å². The first-order chi connectivity index (χ1) is 11.0. The molecule has 1 aliphatic carbocycles. The highest BCUT2D eigenvalue weighted by Gasteiger charge is 2.57. The average Bonchev–Trinajstić information content (AvgIpc) is 2.44. The van der Waals surface area contributed by atoms with Crippen LogP contribution < -0.4 is 0 Å². The van der Waals surface area contributed by atoms with E-state index in [-0.39, 0.29) is 11.9 Å². The molecule has 1 saturated carbocycles. The molecule has 3 nitrogen and oxygen atoms in total. The van der Waals surface area contributed by atoms with Gasteiger partial charge in [-0.05, 0) is 52.9 Å². The van der Waals surface area contributed by atoms with Crippen LogP contribution in [-0.2, 0) is 19.6 Å². The second-order valence-electron chi connectivity index (χ2n) is 8.44. The lowest BCUT2D eigenvalue weighted by molar-refractivity contribution is -0.165. The third-order valence-electron chi connectivity index (χ3n) is 5.04. The Bertz CT molecular complexity index is 586. The lowest BCUT2D eigenvalue weighted by atomic mass is 9.61. The molecule has 1 aromatic carbocycles. The zero-order valence-electron chi connectivity index (χ0n) is 16.2. The summed E-state index contributed by atoms with van der Waals surface area (Å²) in [6.07, 6.45) is 1.13. The summed E-state index contributed by atoms with van der Waals surface area (Å²) in [4.78, 5) is 13.0. The first-order valence-corrected chi connectivity index (χ1v) is 12.3. The third-order valence-corrected chi connectivity index (χ3v) is 6.00. The van der Waals surface area contributed by atoms with Crippen molar-refractivity contribution in [2.75, 3.05) is 6.61 Å². The van der Waals surface area contributed by atoms with Gasteiger partial charge in [0.15, 0.2) is 8.32 Å². The van der Waals surface area contributed by atoms with Crippen molar-refractivity contribution in [3.63, 3.8) is 0 Å². The van der Waals surface area contributed by atoms with E-state index in [0.29, 0.717) is 13.0 Å². The smallest absolute Gasteiger partial charge is 0.185 e. The monoisotopic (exact) mass is 348 g/mol. The fourth-order valence-electron chi connectivity index (χ4n) is 3.74. The van der Waals surface area contributed by atoms with Crippen molar-refractivity contribution in [1.29, 1.82) is 0 Å². The highest BCUT2D eigenvalue weighted by Crippen LogP contribution is 2.53. The second kappa shape index (κ2) is 6.73. The van der Waals surface area contributed by atoms with Gasteiger partial charge in [0.2, 0.25) is 0 Å². The molecule has 24 heavy (non-hydrogen) atoms. The number of hydrogen-bond donors (Lipinski definition) is 0. The quantitative estimate of drug-likeness (QED) is 0.715. The molecule has 2 atom stereocenters. The normalized spacial score (nSPS) is 27.3. The van der Waals surface area contributed by atoms with E-state index in [1.807, 2.05) is 20.8 Å². The van der Waals surface area contributed by atoms with Gasteiger partial charge in [0.1, 0.15) is 5.78 Å². The number of benzene rings is 1. The van der Waals surface area contributed by atoms with Crippen LogP contribution in [0.25, 0.3) is 0 Å². The molecule has 0 aromatic heterocycles. The molecular formula is C20H32O3Si. The topological polar surface area (TPSA) is 35.5 Å². The zero-order valence-corrected chi connectivity index (χ0v) is 17.2. The van der Waals surface area contributed by atoms with Gasteiger partial charge in [-0.25, -0.2) is 0 Å². The van der Waals surface area contributed by atoms with Crippen molar-refractivity contribution in [3.05, 3.63) is 35.4 Å². The first kappa shape index (κ1) is 19.4. The summed E-state index contributed by atoms with van der Waals surface area (Å²) in [6, 6.07) is 8.46. The molecule has 0 bridgehead atoms. The van der Waals surface area contributed by atoms with E-state index < -0.39 is 19.3 Å². The average molecular weight is 349 g/mol. The summed E-state index contributed by atoms with van der Waals surface area (Å²) in [7, 11) is -1.89. The van der Waals surface area contributed by atoms with Gasteiger partial charge in [-0.3, -0.25) is 4.79 Å². The van der Waals surface area contributed by atoms with Crippen LogP contribution in [0.2, 0.25) is 19.6 Å². The number of aryl methyl sites for hydroxylation is 1. The number of ketones is 1. The molecule has 134 valence electrons. The fourth-order valence-corrected chi connectivity index (χ4v) is 5.24. The zero-order chi connectivity index (χ0) is 18.2. The maximum absolute atomic E-state index is 13.0. The van der Waals surface area contributed by atoms with Gasteiger partial charge in [0.25, 0.3) is 0 Å². The Hall–Kier alpha value is -0.973. The SMILES string of the molecule is CCO[C@@H]1CC(=O)C(C)(C)[C@](O[Si](C)(C)C)(c2ccc(C)cc2)C1. The molecule has 0 aliphatic heterocycles. The number of carbonyl (C=O) groups excluding carboxylic acids is 1. The van der Waals surface area contributed by atoms with Crippen LogP contribution in [0.1, 0.15) is 44.7 Å². The summed E-state index contributed by atoms with van der Waals surface area (Å²) in [5, 5.41) is 0. The lowest BCUT2D eigenvalue weighted by Gasteiger charge is -2.53. The highest BCUT2D eigenvalue weighted by atomic mass is 28.4. The Balaban J connectivity index is 2.60.